The first kappa shape index (κ1) is 17.8. The average Bonchev–Trinajstić information content (AvgIpc) is 2.79. The molecule has 0 aromatic rings. The van der Waals surface area contributed by atoms with Crippen molar-refractivity contribution in [3.8, 4) is 0 Å². The summed E-state index contributed by atoms with van der Waals surface area (Å²) in [6.07, 6.45) is 5.32. The van der Waals surface area contributed by atoms with Crippen LogP contribution in [0.3, 0.4) is 0 Å². The summed E-state index contributed by atoms with van der Waals surface area (Å²) in [7, 11) is 1.79. The minimum absolute atomic E-state index is 0.156. The lowest BCUT2D eigenvalue weighted by Crippen LogP contribution is -2.48. The van der Waals surface area contributed by atoms with E-state index in [0.29, 0.717) is 12.8 Å². The third-order valence-electron chi connectivity index (χ3n) is 5.67. The van der Waals surface area contributed by atoms with Crippen LogP contribution in [0.4, 0.5) is 4.79 Å². The maximum Gasteiger partial charge on any atom is 0.325 e. The number of nitrogens with one attached hydrogen (secondary N) is 1. The lowest BCUT2D eigenvalue weighted by molar-refractivity contribution is -0.140. The Morgan fingerprint density at radius 3 is 2.26 bits per heavy atom. The molecule has 2 rings (SSSR count). The second-order valence-corrected chi connectivity index (χ2v) is 7.03. The number of carbonyl (C=O) groups is 3. The van der Waals surface area contributed by atoms with Gasteiger partial charge in [-0.2, -0.15) is 0 Å². The fourth-order valence-electron chi connectivity index (χ4n) is 3.63. The van der Waals surface area contributed by atoms with Crippen LogP contribution in [0.2, 0.25) is 0 Å². The highest BCUT2D eigenvalue weighted by Gasteiger charge is 2.49. The van der Waals surface area contributed by atoms with Crippen molar-refractivity contribution in [2.75, 3.05) is 13.6 Å². The van der Waals surface area contributed by atoms with Crippen LogP contribution in [0.25, 0.3) is 0 Å². The van der Waals surface area contributed by atoms with Gasteiger partial charge in [0.2, 0.25) is 5.91 Å². The average molecular weight is 323 g/mol. The summed E-state index contributed by atoms with van der Waals surface area (Å²) in [5.41, 5.74) is -0.837. The largest absolute Gasteiger partial charge is 0.341 e. The quantitative estimate of drug-likeness (QED) is 0.788. The van der Waals surface area contributed by atoms with Gasteiger partial charge in [0.05, 0.1) is 0 Å². The maximum atomic E-state index is 12.5. The molecule has 1 saturated carbocycles. The van der Waals surface area contributed by atoms with E-state index >= 15 is 0 Å². The van der Waals surface area contributed by atoms with Crippen LogP contribution < -0.4 is 5.32 Å². The monoisotopic (exact) mass is 323 g/mol. The first-order valence-electron chi connectivity index (χ1n) is 8.74. The van der Waals surface area contributed by atoms with E-state index in [-0.39, 0.29) is 24.4 Å². The fraction of sp³-hybridized carbons (Fsp3) is 0.824. The third-order valence-corrected chi connectivity index (χ3v) is 5.67. The zero-order valence-corrected chi connectivity index (χ0v) is 14.7. The van der Waals surface area contributed by atoms with E-state index in [9.17, 15) is 14.4 Å². The van der Waals surface area contributed by atoms with Crippen molar-refractivity contribution < 1.29 is 14.4 Å². The molecule has 6 heteroatoms. The van der Waals surface area contributed by atoms with Gasteiger partial charge in [-0.15, -0.1) is 0 Å². The molecule has 23 heavy (non-hydrogen) atoms. The molecule has 0 aromatic heterocycles. The number of imide groups is 1. The summed E-state index contributed by atoms with van der Waals surface area (Å²) in [5.74, 6) is 0.290. The zero-order chi connectivity index (χ0) is 17.2. The van der Waals surface area contributed by atoms with Gasteiger partial charge in [0.25, 0.3) is 5.91 Å². The zero-order valence-electron chi connectivity index (χ0n) is 14.7. The lowest BCUT2D eigenvalue weighted by Gasteiger charge is -2.34. The van der Waals surface area contributed by atoms with Crippen LogP contribution in [0.1, 0.15) is 59.3 Å². The molecule has 1 N–H and O–H groups in total. The normalized spacial score (nSPS) is 27.0. The van der Waals surface area contributed by atoms with Crippen molar-refractivity contribution in [2.45, 2.75) is 70.9 Å². The SMILES string of the molecule is CCC1(CC)NC(=O)N(CC(=O)N(C)C2CCC(C)CC2)C1=O. The number of urea groups is 1. The second-order valence-electron chi connectivity index (χ2n) is 7.03. The van der Waals surface area contributed by atoms with Crippen molar-refractivity contribution in [3.05, 3.63) is 0 Å². The minimum Gasteiger partial charge on any atom is -0.341 e. The molecule has 0 aromatic carbocycles. The molecular formula is C17H29N3O3. The van der Waals surface area contributed by atoms with E-state index in [1.165, 1.54) is 0 Å². The molecule has 0 atom stereocenters. The topological polar surface area (TPSA) is 69.7 Å². The molecule has 0 radical (unpaired) electrons. The number of likely N-dealkylation sites (N-methyl/N-ethyl adjacent to an activating group) is 1. The number of carbonyl (C=O) groups excluding carboxylic acids is 3. The van der Waals surface area contributed by atoms with Gasteiger partial charge in [-0.05, 0) is 44.4 Å². The molecule has 1 aliphatic carbocycles. The Bertz CT molecular complexity index is 479. The van der Waals surface area contributed by atoms with Crippen molar-refractivity contribution in [1.29, 1.82) is 0 Å². The highest BCUT2D eigenvalue weighted by molar-refractivity contribution is 6.08. The van der Waals surface area contributed by atoms with Gasteiger partial charge in [-0.3, -0.25) is 14.5 Å². The van der Waals surface area contributed by atoms with E-state index in [1.54, 1.807) is 11.9 Å². The van der Waals surface area contributed by atoms with Gasteiger partial charge in [0, 0.05) is 13.1 Å². The predicted octanol–water partition coefficient (Wildman–Crippen LogP) is 2.13. The maximum absolute atomic E-state index is 12.5. The van der Waals surface area contributed by atoms with E-state index in [0.717, 1.165) is 36.5 Å². The van der Waals surface area contributed by atoms with Crippen LogP contribution >= 0.6 is 0 Å². The molecule has 130 valence electrons. The fourth-order valence-corrected chi connectivity index (χ4v) is 3.63. The molecule has 0 bridgehead atoms. The van der Waals surface area contributed by atoms with Gasteiger partial charge < -0.3 is 10.2 Å². The molecule has 1 aliphatic heterocycles. The minimum atomic E-state index is -0.837. The predicted molar refractivity (Wildman–Crippen MR) is 87.7 cm³/mol. The second kappa shape index (κ2) is 6.89. The molecule has 0 unspecified atom stereocenters. The Kier molecular flexibility index (Phi) is 5.32. The number of hydrogen-bond acceptors (Lipinski definition) is 3. The van der Waals surface area contributed by atoms with Gasteiger partial charge in [0.1, 0.15) is 12.1 Å². The molecule has 4 amide bonds. The van der Waals surface area contributed by atoms with Gasteiger partial charge in [-0.25, -0.2) is 4.79 Å². The Labute approximate surface area is 138 Å². The summed E-state index contributed by atoms with van der Waals surface area (Å²) in [4.78, 5) is 40.0. The molecular weight excluding hydrogens is 294 g/mol. The Hall–Kier alpha value is -1.59. The Morgan fingerprint density at radius 1 is 1.22 bits per heavy atom. The van der Waals surface area contributed by atoms with Crippen molar-refractivity contribution >= 4 is 17.8 Å². The first-order chi connectivity index (χ1) is 10.8. The van der Waals surface area contributed by atoms with Crippen LogP contribution in [0.15, 0.2) is 0 Å². The third kappa shape index (κ3) is 3.35. The van der Waals surface area contributed by atoms with Crippen LogP contribution in [-0.4, -0.2) is 52.8 Å². The Balaban J connectivity index is 1.99. The number of rotatable bonds is 5. The summed E-state index contributed by atoms with van der Waals surface area (Å²) in [6.45, 7) is 5.83. The Morgan fingerprint density at radius 2 is 1.78 bits per heavy atom. The summed E-state index contributed by atoms with van der Waals surface area (Å²) in [6, 6.07) is -0.223. The van der Waals surface area contributed by atoms with Crippen molar-refractivity contribution in [2.24, 2.45) is 5.92 Å². The number of nitrogens with zero attached hydrogens (tertiary/aromatic N) is 2. The summed E-state index contributed by atoms with van der Waals surface area (Å²) < 4.78 is 0. The smallest absolute Gasteiger partial charge is 0.325 e. The molecule has 6 nitrogen and oxygen atoms in total. The van der Waals surface area contributed by atoms with E-state index < -0.39 is 11.6 Å². The van der Waals surface area contributed by atoms with Gasteiger partial charge >= 0.3 is 6.03 Å². The number of amides is 4. The summed E-state index contributed by atoms with van der Waals surface area (Å²) in [5, 5.41) is 2.76. The molecule has 2 aliphatic rings. The van der Waals surface area contributed by atoms with Gasteiger partial charge in [-0.1, -0.05) is 20.8 Å². The van der Waals surface area contributed by atoms with E-state index in [1.807, 2.05) is 13.8 Å². The van der Waals surface area contributed by atoms with Crippen molar-refractivity contribution in [3.63, 3.8) is 0 Å². The standard InChI is InChI=1S/C17H29N3O3/c1-5-17(6-2)15(22)20(16(23)18-17)11-14(21)19(4)13-9-7-12(3)8-10-13/h12-13H,5-11H2,1-4H3,(H,18,23). The van der Waals surface area contributed by atoms with E-state index in [4.69, 9.17) is 0 Å². The molecule has 2 fully saturated rings. The molecule has 0 spiro atoms. The number of hydrogen-bond donors (Lipinski definition) is 1. The van der Waals surface area contributed by atoms with Gasteiger partial charge in [0.15, 0.2) is 0 Å². The lowest BCUT2D eigenvalue weighted by atomic mass is 9.87. The molecule has 1 saturated heterocycles. The summed E-state index contributed by atoms with van der Waals surface area (Å²) >= 11 is 0. The van der Waals surface area contributed by atoms with Crippen LogP contribution in [0, 0.1) is 5.92 Å². The van der Waals surface area contributed by atoms with E-state index in [2.05, 4.69) is 12.2 Å². The first-order valence-corrected chi connectivity index (χ1v) is 8.74. The molecule has 1 heterocycles. The highest BCUT2D eigenvalue weighted by atomic mass is 16.2. The van der Waals surface area contributed by atoms with Crippen LogP contribution in [-0.2, 0) is 9.59 Å². The van der Waals surface area contributed by atoms with Crippen molar-refractivity contribution in [1.82, 2.24) is 15.1 Å². The van der Waals surface area contributed by atoms with Crippen LogP contribution in [0.5, 0.6) is 0 Å². The highest BCUT2D eigenvalue weighted by Crippen LogP contribution is 2.28.